The number of aromatic nitrogens is 1. The number of nitrogens with zero attached hydrogens (tertiary/aromatic N) is 2. The van der Waals surface area contributed by atoms with Gasteiger partial charge in [0.15, 0.2) is 0 Å². The molecule has 3 aromatic carbocycles. The van der Waals surface area contributed by atoms with Crippen LogP contribution in [0.2, 0.25) is 0 Å². The molecule has 4 aromatic rings. The summed E-state index contributed by atoms with van der Waals surface area (Å²) in [6, 6.07) is 21.7. The monoisotopic (exact) mass is 841 g/mol. The summed E-state index contributed by atoms with van der Waals surface area (Å²) in [6.45, 7) is 15.5. The van der Waals surface area contributed by atoms with E-state index in [-0.39, 0.29) is 30.7 Å². The van der Waals surface area contributed by atoms with E-state index >= 15 is 0 Å². The molecule has 1 saturated heterocycles. The van der Waals surface area contributed by atoms with E-state index in [1.54, 1.807) is 79.0 Å². The molecule has 4 amide bonds. The van der Waals surface area contributed by atoms with Crippen LogP contribution >= 0.6 is 0 Å². The van der Waals surface area contributed by atoms with Gasteiger partial charge in [-0.05, 0) is 70.2 Å². The van der Waals surface area contributed by atoms with Crippen molar-refractivity contribution in [2.24, 2.45) is 5.41 Å². The van der Waals surface area contributed by atoms with E-state index in [0.29, 0.717) is 28.1 Å². The summed E-state index contributed by atoms with van der Waals surface area (Å²) in [5.41, 5.74) is -1.44. The second kappa shape index (κ2) is 18.1. The number of fused-ring (bicyclic) bond motifs is 1. The van der Waals surface area contributed by atoms with Crippen molar-refractivity contribution < 1.29 is 41.8 Å². The molecule has 1 unspecified atom stereocenters. The molecule has 5 rings (SSSR count). The van der Waals surface area contributed by atoms with Crippen molar-refractivity contribution in [2.75, 3.05) is 13.7 Å². The number of allylic oxidation sites excluding steroid dienone is 1. The number of pyridine rings is 1. The highest BCUT2D eigenvalue weighted by molar-refractivity contribution is 7.90. The third-order valence-electron chi connectivity index (χ3n) is 9.99. The Morgan fingerprint density at radius 3 is 2.18 bits per heavy atom. The van der Waals surface area contributed by atoms with E-state index in [0.717, 1.165) is 5.56 Å². The summed E-state index contributed by atoms with van der Waals surface area (Å²) in [5.74, 6) is -1.26. The highest BCUT2D eigenvalue weighted by Crippen LogP contribution is 2.35. The van der Waals surface area contributed by atoms with Crippen LogP contribution in [0.4, 0.5) is 4.79 Å². The smallest absolute Gasteiger partial charge is 0.408 e. The fourth-order valence-corrected chi connectivity index (χ4v) is 7.93. The molecule has 0 radical (unpaired) electrons. The number of sulfonamides is 1. The Morgan fingerprint density at radius 2 is 1.58 bits per heavy atom. The number of nitrogens with one attached hydrogen (secondary N) is 3. The van der Waals surface area contributed by atoms with Gasteiger partial charge in [-0.25, -0.2) is 22.9 Å². The molecule has 1 aliphatic rings. The lowest BCUT2D eigenvalue weighted by Gasteiger charge is -2.36. The SMILES string of the molecule is C=CCC[C@](C)(NC(=O)[C@@H]1C[C@@H](Oc2cc(-c3ccccc3)nc3cc(OC)ccc23)CN1C(=O)C(NC(=O)OC(C)(C)C)C(C)(C)C)C(=O)NS(=O)(=O)c1ccccc1. The first-order valence-corrected chi connectivity index (χ1v) is 21.2. The van der Waals surface area contributed by atoms with Gasteiger partial charge >= 0.3 is 6.09 Å². The summed E-state index contributed by atoms with van der Waals surface area (Å²) in [7, 11) is -2.75. The number of rotatable bonds is 14. The summed E-state index contributed by atoms with van der Waals surface area (Å²) in [5, 5.41) is 6.17. The van der Waals surface area contributed by atoms with Crippen molar-refractivity contribution in [2.45, 2.75) is 102 Å². The van der Waals surface area contributed by atoms with Crippen LogP contribution < -0.4 is 24.8 Å². The molecule has 14 nitrogen and oxygen atoms in total. The van der Waals surface area contributed by atoms with Crippen molar-refractivity contribution in [1.29, 1.82) is 0 Å². The molecule has 60 heavy (non-hydrogen) atoms. The number of methoxy groups -OCH3 is 1. The van der Waals surface area contributed by atoms with Gasteiger partial charge in [0.05, 0.1) is 29.8 Å². The lowest BCUT2D eigenvalue weighted by Crippen LogP contribution is -2.62. The topological polar surface area (TPSA) is 182 Å². The Morgan fingerprint density at radius 1 is 0.933 bits per heavy atom. The molecule has 3 N–H and O–H groups in total. The number of carbonyl (C=O) groups is 4. The minimum Gasteiger partial charge on any atom is -0.497 e. The summed E-state index contributed by atoms with van der Waals surface area (Å²) in [6.07, 6.45) is 0.165. The second-order valence-corrected chi connectivity index (χ2v) is 18.8. The Hall–Kier alpha value is -5.96. The predicted octanol–water partition coefficient (Wildman–Crippen LogP) is 6.54. The number of hydrogen-bond donors (Lipinski definition) is 3. The standard InChI is InChI=1S/C45H55N5O9S/c1-10-11-24-45(8,41(53)49-60(55,56)32-20-16-13-17-21-32)48-39(51)36-26-31(28-50(36)40(52)38(43(2,3)4)47-42(54)59-44(5,6)7)58-37-27-34(29-18-14-12-15-19-29)46-35-25-30(57-9)22-23-33(35)37/h10,12-23,25,27,31,36,38H,1,11,24,26,28H2,2-9H3,(H,47,54)(H,48,51)(H,49,53)/t31-,36+,38?,45+/m1/s1. The Kier molecular flexibility index (Phi) is 13.6. The van der Waals surface area contributed by atoms with Gasteiger partial charge in [-0.2, -0.15) is 0 Å². The summed E-state index contributed by atoms with van der Waals surface area (Å²) >= 11 is 0. The van der Waals surface area contributed by atoms with Crippen molar-refractivity contribution >= 4 is 44.7 Å². The van der Waals surface area contributed by atoms with Crippen molar-refractivity contribution in [3.63, 3.8) is 0 Å². The average molecular weight is 842 g/mol. The Balaban J connectivity index is 1.53. The lowest BCUT2D eigenvalue weighted by atomic mass is 9.85. The van der Waals surface area contributed by atoms with Crippen LogP contribution in [0, 0.1) is 5.41 Å². The molecule has 0 aliphatic carbocycles. The van der Waals surface area contributed by atoms with E-state index < -0.39 is 68.6 Å². The van der Waals surface area contributed by atoms with Crippen LogP contribution in [0.25, 0.3) is 22.2 Å². The molecule has 0 saturated carbocycles. The zero-order chi connectivity index (χ0) is 44.0. The summed E-state index contributed by atoms with van der Waals surface area (Å²) in [4.78, 5) is 62.5. The lowest BCUT2D eigenvalue weighted by molar-refractivity contribution is -0.143. The third kappa shape index (κ3) is 11.0. The van der Waals surface area contributed by atoms with Crippen molar-refractivity contribution in [1.82, 2.24) is 25.2 Å². The predicted molar refractivity (Wildman–Crippen MR) is 229 cm³/mol. The van der Waals surface area contributed by atoms with Crippen LogP contribution in [-0.2, 0) is 29.1 Å². The van der Waals surface area contributed by atoms with E-state index in [4.69, 9.17) is 19.2 Å². The van der Waals surface area contributed by atoms with Gasteiger partial charge < -0.3 is 29.7 Å². The Bertz CT molecular complexity index is 2330. The molecule has 0 spiro atoms. The quantitative estimate of drug-likeness (QED) is 0.118. The summed E-state index contributed by atoms with van der Waals surface area (Å²) < 4.78 is 46.4. The van der Waals surface area contributed by atoms with Gasteiger partial charge in [0.2, 0.25) is 11.8 Å². The number of alkyl carbamates (subject to hydrolysis) is 1. The fourth-order valence-electron chi connectivity index (χ4n) is 6.82. The van der Waals surface area contributed by atoms with Crippen LogP contribution in [0.3, 0.4) is 0 Å². The molecule has 2 heterocycles. The molecular formula is C45H55N5O9S. The molecule has 1 aromatic heterocycles. The highest BCUT2D eigenvalue weighted by atomic mass is 32.2. The number of amides is 4. The van der Waals surface area contributed by atoms with Crippen LogP contribution in [0.5, 0.6) is 11.5 Å². The molecule has 320 valence electrons. The van der Waals surface area contributed by atoms with Gasteiger partial charge in [-0.1, -0.05) is 75.4 Å². The molecule has 1 aliphatic heterocycles. The maximum absolute atomic E-state index is 14.8. The van der Waals surface area contributed by atoms with Gasteiger partial charge in [0, 0.05) is 29.5 Å². The van der Waals surface area contributed by atoms with Crippen molar-refractivity contribution in [3.8, 4) is 22.8 Å². The number of carbonyl (C=O) groups excluding carboxylic acids is 4. The van der Waals surface area contributed by atoms with E-state index in [1.165, 1.54) is 36.1 Å². The van der Waals surface area contributed by atoms with Crippen LogP contribution in [0.15, 0.2) is 102 Å². The second-order valence-electron chi connectivity index (χ2n) is 17.1. The maximum atomic E-state index is 14.8. The maximum Gasteiger partial charge on any atom is 0.408 e. The van der Waals surface area contributed by atoms with Crippen molar-refractivity contribution in [3.05, 3.63) is 97.6 Å². The number of benzene rings is 3. The number of ether oxygens (including phenoxy) is 3. The van der Waals surface area contributed by atoms with E-state index in [1.807, 2.05) is 36.4 Å². The minimum absolute atomic E-state index is 0.0154. The normalized spacial score (nSPS) is 17.2. The molecule has 4 atom stereocenters. The first kappa shape index (κ1) is 45.1. The van der Waals surface area contributed by atoms with E-state index in [2.05, 4.69) is 21.9 Å². The van der Waals surface area contributed by atoms with Gasteiger partial charge in [0.1, 0.15) is 40.8 Å². The molecular weight excluding hydrogens is 787 g/mol. The van der Waals surface area contributed by atoms with Gasteiger partial charge in [-0.15, -0.1) is 6.58 Å². The minimum atomic E-state index is -4.31. The highest BCUT2D eigenvalue weighted by Gasteiger charge is 2.48. The van der Waals surface area contributed by atoms with Crippen LogP contribution in [-0.4, -0.2) is 85.1 Å². The Labute approximate surface area is 352 Å². The molecule has 1 fully saturated rings. The average Bonchev–Trinajstić information content (AvgIpc) is 3.62. The van der Waals surface area contributed by atoms with Crippen LogP contribution in [0.1, 0.15) is 67.7 Å². The third-order valence-corrected chi connectivity index (χ3v) is 11.3. The van der Waals surface area contributed by atoms with Gasteiger partial charge in [-0.3, -0.25) is 14.4 Å². The zero-order valence-corrected chi connectivity index (χ0v) is 36.2. The first-order chi connectivity index (χ1) is 28.1. The number of likely N-dealkylation sites (tertiary alicyclic amines) is 1. The zero-order valence-electron chi connectivity index (χ0n) is 35.4. The van der Waals surface area contributed by atoms with E-state index in [9.17, 15) is 27.6 Å². The fraction of sp³-hybridized carbons (Fsp3) is 0.400. The largest absolute Gasteiger partial charge is 0.497 e. The van der Waals surface area contributed by atoms with Gasteiger partial charge in [0.25, 0.3) is 15.9 Å². The first-order valence-electron chi connectivity index (χ1n) is 19.7. The number of hydrogen-bond acceptors (Lipinski definition) is 10. The molecule has 0 bridgehead atoms. The molecule has 15 heteroatoms.